The van der Waals surface area contributed by atoms with Gasteiger partial charge < -0.3 is 9.64 Å². The average molecular weight is 513 g/mol. The van der Waals surface area contributed by atoms with Gasteiger partial charge in [-0.15, -0.1) is 11.3 Å². The van der Waals surface area contributed by atoms with E-state index in [4.69, 9.17) is 9.72 Å². The molecule has 1 N–H and O–H groups in total. The third kappa shape index (κ3) is 11.2. The van der Waals surface area contributed by atoms with E-state index in [0.29, 0.717) is 18.3 Å². The summed E-state index contributed by atoms with van der Waals surface area (Å²) in [5, 5.41) is 5.35. The molecule has 0 fully saturated rings. The lowest BCUT2D eigenvalue weighted by molar-refractivity contribution is 0.307. The maximum absolute atomic E-state index is 5.98. The smallest absolute Gasteiger partial charge is 0.219 e. The molecule has 3 aromatic rings. The standard InChI is InChI=1S/C24H32N6OS.2C2H6/c1-4-14-30(15-5-2)22-17-23(31-16-12-19-9-7-8-13-25-19)28-21(27-22)18-26-29-24-11-10-20(6-3)32-24;2*1-2/h7-11,13,17-18,29H,4-6,12,14-16H2,1-3H3;2*1-2H3/b26-18+;;. The molecule has 0 saturated heterocycles. The summed E-state index contributed by atoms with van der Waals surface area (Å²) in [5.74, 6) is 1.93. The van der Waals surface area contributed by atoms with E-state index in [1.54, 1.807) is 23.7 Å². The summed E-state index contributed by atoms with van der Waals surface area (Å²) < 4.78 is 5.98. The van der Waals surface area contributed by atoms with Crippen LogP contribution in [0.1, 0.15) is 77.7 Å². The van der Waals surface area contributed by atoms with Crippen LogP contribution in [0.15, 0.2) is 47.7 Å². The van der Waals surface area contributed by atoms with Gasteiger partial charge in [0.1, 0.15) is 10.8 Å². The normalized spacial score (nSPS) is 10.2. The SMILES string of the molecule is CC.CC.CCCN(CCC)c1cc(OCCc2ccccn2)nc(/C=N/Nc2ccc(CC)s2)n1. The third-order valence-corrected chi connectivity index (χ3v) is 5.85. The lowest BCUT2D eigenvalue weighted by atomic mass is 10.3. The van der Waals surface area contributed by atoms with Crippen LogP contribution in [0, 0.1) is 0 Å². The predicted octanol–water partition coefficient (Wildman–Crippen LogP) is 7.24. The Kier molecular flexibility index (Phi) is 16.6. The maximum Gasteiger partial charge on any atom is 0.219 e. The second kappa shape index (κ2) is 19.2. The minimum Gasteiger partial charge on any atom is -0.477 e. The highest BCUT2D eigenvalue weighted by atomic mass is 32.1. The Morgan fingerprint density at radius 3 is 2.36 bits per heavy atom. The quantitative estimate of drug-likeness (QED) is 0.192. The lowest BCUT2D eigenvalue weighted by Crippen LogP contribution is -2.26. The molecule has 0 atom stereocenters. The van der Waals surface area contributed by atoms with Gasteiger partial charge in [-0.2, -0.15) is 10.1 Å². The molecule has 7 nitrogen and oxygen atoms in total. The van der Waals surface area contributed by atoms with E-state index in [-0.39, 0.29) is 0 Å². The number of ether oxygens (including phenoxy) is 1. The fourth-order valence-corrected chi connectivity index (χ4v) is 3.99. The Hall–Kier alpha value is -3.00. The monoisotopic (exact) mass is 512 g/mol. The van der Waals surface area contributed by atoms with Crippen LogP contribution in [0.25, 0.3) is 0 Å². The van der Waals surface area contributed by atoms with Crippen LogP contribution in [0.3, 0.4) is 0 Å². The molecule has 3 rings (SSSR count). The van der Waals surface area contributed by atoms with Crippen molar-refractivity contribution in [1.29, 1.82) is 0 Å². The largest absolute Gasteiger partial charge is 0.477 e. The number of hydrazone groups is 1. The molecule has 0 bridgehead atoms. The molecule has 3 aromatic heterocycles. The number of nitrogens with zero attached hydrogens (tertiary/aromatic N) is 5. The van der Waals surface area contributed by atoms with Crippen LogP contribution in [0.2, 0.25) is 0 Å². The molecule has 0 aliphatic rings. The van der Waals surface area contributed by atoms with Gasteiger partial charge in [0.15, 0.2) is 5.82 Å². The molecule has 0 aromatic carbocycles. The number of pyridine rings is 1. The highest BCUT2D eigenvalue weighted by molar-refractivity contribution is 7.16. The van der Waals surface area contributed by atoms with E-state index in [1.165, 1.54) is 4.88 Å². The van der Waals surface area contributed by atoms with E-state index in [9.17, 15) is 0 Å². The highest BCUT2D eigenvalue weighted by Crippen LogP contribution is 2.22. The summed E-state index contributed by atoms with van der Waals surface area (Å²) in [4.78, 5) is 17.2. The summed E-state index contributed by atoms with van der Waals surface area (Å²) in [6, 6.07) is 12.0. The molecule has 36 heavy (non-hydrogen) atoms. The zero-order chi connectivity index (χ0) is 26.6. The summed E-state index contributed by atoms with van der Waals surface area (Å²) >= 11 is 1.70. The van der Waals surface area contributed by atoms with Crippen molar-refractivity contribution < 1.29 is 4.74 Å². The van der Waals surface area contributed by atoms with Gasteiger partial charge in [-0.1, -0.05) is 54.5 Å². The number of aryl methyl sites for hydroxylation is 1. The van der Waals surface area contributed by atoms with Gasteiger partial charge in [-0.25, -0.2) is 4.98 Å². The Labute approximate surface area is 222 Å². The predicted molar refractivity (Wildman–Crippen MR) is 156 cm³/mol. The van der Waals surface area contributed by atoms with Crippen molar-refractivity contribution in [2.75, 3.05) is 30.0 Å². The first kappa shape index (κ1) is 31.0. The molecule has 0 unspecified atom stereocenters. The number of anilines is 2. The van der Waals surface area contributed by atoms with Crippen molar-refractivity contribution >= 4 is 28.4 Å². The van der Waals surface area contributed by atoms with Crippen LogP contribution in [0.4, 0.5) is 10.8 Å². The fraction of sp³-hybridized carbons (Fsp3) is 0.500. The van der Waals surface area contributed by atoms with Gasteiger partial charge >= 0.3 is 0 Å². The molecular formula is C28H44N6OS. The lowest BCUT2D eigenvalue weighted by Gasteiger charge is -2.23. The molecule has 0 amide bonds. The minimum atomic E-state index is 0.499. The number of thiophene rings is 1. The van der Waals surface area contributed by atoms with Crippen molar-refractivity contribution in [3.05, 3.63) is 59.0 Å². The molecule has 0 aliphatic heterocycles. The van der Waals surface area contributed by atoms with Crippen LogP contribution in [0.5, 0.6) is 5.88 Å². The van der Waals surface area contributed by atoms with E-state index in [0.717, 1.165) is 55.3 Å². The van der Waals surface area contributed by atoms with E-state index in [2.05, 4.69) is 52.2 Å². The van der Waals surface area contributed by atoms with Crippen molar-refractivity contribution in [3.63, 3.8) is 0 Å². The molecule has 3 heterocycles. The van der Waals surface area contributed by atoms with Gasteiger partial charge in [0.25, 0.3) is 0 Å². The molecule has 0 saturated carbocycles. The summed E-state index contributed by atoms with van der Waals surface area (Å²) in [6.07, 6.45) is 7.27. The Morgan fingerprint density at radius 1 is 1.00 bits per heavy atom. The van der Waals surface area contributed by atoms with E-state index >= 15 is 0 Å². The molecule has 0 radical (unpaired) electrons. The molecule has 198 valence electrons. The van der Waals surface area contributed by atoms with Crippen molar-refractivity contribution in [1.82, 2.24) is 15.0 Å². The van der Waals surface area contributed by atoms with Crippen LogP contribution in [-0.2, 0) is 12.8 Å². The fourth-order valence-electron chi connectivity index (χ4n) is 3.19. The summed E-state index contributed by atoms with van der Waals surface area (Å²) in [5.41, 5.74) is 4.07. The summed E-state index contributed by atoms with van der Waals surface area (Å²) in [7, 11) is 0. The zero-order valence-corrected chi connectivity index (χ0v) is 23.9. The molecule has 0 aliphatic carbocycles. The molecule has 0 spiro atoms. The van der Waals surface area contributed by atoms with Gasteiger partial charge in [0.2, 0.25) is 5.88 Å². The zero-order valence-electron chi connectivity index (χ0n) is 23.1. The van der Waals surface area contributed by atoms with Gasteiger partial charge in [-0.3, -0.25) is 10.4 Å². The topological polar surface area (TPSA) is 75.5 Å². The Morgan fingerprint density at radius 2 is 1.75 bits per heavy atom. The second-order valence-corrected chi connectivity index (χ2v) is 8.49. The van der Waals surface area contributed by atoms with Gasteiger partial charge in [-0.05, 0) is 43.5 Å². The average Bonchev–Trinajstić information content (AvgIpc) is 3.39. The van der Waals surface area contributed by atoms with Crippen LogP contribution >= 0.6 is 11.3 Å². The highest BCUT2D eigenvalue weighted by Gasteiger charge is 2.11. The third-order valence-electron chi connectivity index (χ3n) is 4.72. The van der Waals surface area contributed by atoms with E-state index in [1.807, 2.05) is 58.0 Å². The number of aromatic nitrogens is 3. The van der Waals surface area contributed by atoms with Gasteiger partial charge in [0.05, 0.1) is 12.8 Å². The van der Waals surface area contributed by atoms with Crippen molar-refractivity contribution in [2.45, 2.75) is 74.1 Å². The minimum absolute atomic E-state index is 0.499. The van der Waals surface area contributed by atoms with Crippen LogP contribution < -0.4 is 15.1 Å². The number of nitrogens with one attached hydrogen (secondary N) is 1. The Bertz CT molecular complexity index is 971. The number of hydrogen-bond acceptors (Lipinski definition) is 8. The first-order chi connectivity index (χ1) is 17.7. The summed E-state index contributed by atoms with van der Waals surface area (Å²) in [6.45, 7) is 16.9. The Balaban J connectivity index is 0.00000154. The van der Waals surface area contributed by atoms with Crippen molar-refractivity contribution in [3.8, 4) is 5.88 Å². The maximum atomic E-state index is 5.98. The first-order valence-electron chi connectivity index (χ1n) is 13.3. The van der Waals surface area contributed by atoms with Crippen LogP contribution in [-0.4, -0.2) is 40.9 Å². The first-order valence-corrected chi connectivity index (χ1v) is 14.1. The number of hydrogen-bond donors (Lipinski definition) is 1. The van der Waals surface area contributed by atoms with Gasteiger partial charge in [0, 0.05) is 42.3 Å². The van der Waals surface area contributed by atoms with Crippen molar-refractivity contribution in [2.24, 2.45) is 5.10 Å². The molecular weight excluding hydrogens is 468 g/mol. The molecule has 8 heteroatoms. The van der Waals surface area contributed by atoms with E-state index < -0.39 is 0 Å². The second-order valence-electron chi connectivity index (χ2n) is 7.32. The number of rotatable bonds is 13.